The van der Waals surface area contributed by atoms with Gasteiger partial charge in [0.25, 0.3) is 0 Å². The number of allylic oxidation sites excluding steroid dienone is 28. The number of phosphoric acid groups is 2. The smallest absolute Gasteiger partial charge is 0.463 e. The summed E-state index contributed by atoms with van der Waals surface area (Å²) >= 11 is 0. The zero-order valence-electron chi connectivity index (χ0n) is 72.4. The van der Waals surface area contributed by atoms with Gasteiger partial charge in [-0.15, -0.1) is 0 Å². The first-order valence-corrected chi connectivity index (χ1v) is 48.4. The van der Waals surface area contributed by atoms with Crippen LogP contribution in [0.1, 0.15) is 367 Å². The van der Waals surface area contributed by atoms with Gasteiger partial charge in [-0.05, 0) is 154 Å². The van der Waals surface area contributed by atoms with Gasteiger partial charge in [-0.25, -0.2) is 9.13 Å². The molecule has 0 aromatic rings. The van der Waals surface area contributed by atoms with Crippen LogP contribution in [-0.4, -0.2) is 95.9 Å². The van der Waals surface area contributed by atoms with E-state index in [1.165, 1.54) is 141 Å². The van der Waals surface area contributed by atoms with E-state index in [-0.39, 0.29) is 19.3 Å². The van der Waals surface area contributed by atoms with Gasteiger partial charge in [0.2, 0.25) is 0 Å². The summed E-state index contributed by atoms with van der Waals surface area (Å²) in [5.74, 6) is -1.60. The standard InChI is InChI=1S/C97H164O16P2/c1-4-7-10-13-16-19-22-25-28-31-33-35-37-39-41-43-44-45-46-48-50-51-53-55-57-60-62-65-68-71-74-77-80-83-95(100)107-86-92(98)87-109-114(103,104)110-88-93(99)89-111-115(105,106)112-91-94(113-97(102)85-82-79-76-73-70-67-64-59-30-27-24-21-18-15-12-9-6-3)90-108-96(101)84-81-78-75-72-69-66-63-61-58-56-54-52-49-47-42-40-38-36-34-32-29-26-23-20-17-14-11-8-5-2/h7,9-10,12,16-21,25-30,33-36,39-42,44-45,64,67,92-94,98-99H,4-6,8,11,13-15,22-24,31-32,37-38,43,46-63,65-66,68-91H2,1-3H3,(H,103,104)(H,105,106)/b10-7-,12-9-,19-16-,20-17-,21-18-,28-25-,29-26-,30-27-,35-33-,36-34-,41-39-,42-40-,45-44-,67-64-. The van der Waals surface area contributed by atoms with Crippen molar-refractivity contribution in [1.82, 2.24) is 0 Å². The fourth-order valence-corrected chi connectivity index (χ4v) is 13.7. The second kappa shape index (κ2) is 88.2. The molecule has 0 saturated heterocycles. The molecule has 0 fully saturated rings. The average molecular weight is 1650 g/mol. The van der Waals surface area contributed by atoms with Gasteiger partial charge in [0.1, 0.15) is 25.4 Å². The lowest BCUT2D eigenvalue weighted by Gasteiger charge is -2.21. The molecule has 5 unspecified atom stereocenters. The Morgan fingerprint density at radius 2 is 0.461 bits per heavy atom. The maximum absolute atomic E-state index is 13.0. The minimum absolute atomic E-state index is 0.0730. The van der Waals surface area contributed by atoms with Crippen LogP contribution in [-0.2, 0) is 55.8 Å². The number of carbonyl (C=O) groups is 3. The maximum atomic E-state index is 13.0. The number of unbranched alkanes of at least 4 members (excludes halogenated alkanes) is 34. The highest BCUT2D eigenvalue weighted by Gasteiger charge is 2.29. The van der Waals surface area contributed by atoms with Gasteiger partial charge in [-0.2, -0.15) is 0 Å². The summed E-state index contributed by atoms with van der Waals surface area (Å²) in [5, 5.41) is 20.7. The highest BCUT2D eigenvalue weighted by atomic mass is 31.2. The highest BCUT2D eigenvalue weighted by Crippen LogP contribution is 2.45. The Morgan fingerprint density at radius 3 is 0.730 bits per heavy atom. The quantitative estimate of drug-likeness (QED) is 0.0146. The fourth-order valence-electron chi connectivity index (χ4n) is 12.1. The molecule has 0 rings (SSSR count). The Bertz CT molecular complexity index is 2770. The molecule has 18 heteroatoms. The molecule has 0 aliphatic carbocycles. The zero-order valence-corrected chi connectivity index (χ0v) is 74.2. The van der Waals surface area contributed by atoms with E-state index >= 15 is 0 Å². The number of esters is 3. The van der Waals surface area contributed by atoms with Crippen molar-refractivity contribution in [3.63, 3.8) is 0 Å². The van der Waals surface area contributed by atoms with E-state index in [0.29, 0.717) is 19.3 Å². The molecule has 0 radical (unpaired) electrons. The Morgan fingerprint density at radius 1 is 0.252 bits per heavy atom. The Hall–Kier alpha value is -5.09. The Labute approximate surface area is 701 Å². The molecule has 0 aromatic heterocycles. The molecule has 0 bridgehead atoms. The molecular formula is C97H164O16P2. The molecule has 5 atom stereocenters. The molecule has 0 aromatic carbocycles. The summed E-state index contributed by atoms with van der Waals surface area (Å²) in [6.07, 6.45) is 114. The van der Waals surface area contributed by atoms with Crippen molar-refractivity contribution in [1.29, 1.82) is 0 Å². The third-order valence-electron chi connectivity index (χ3n) is 18.9. The third kappa shape index (κ3) is 89.5. The Balaban J connectivity index is 4.52. The molecule has 0 aliphatic rings. The van der Waals surface area contributed by atoms with Crippen LogP contribution >= 0.6 is 15.6 Å². The largest absolute Gasteiger partial charge is 0.472 e. The van der Waals surface area contributed by atoms with Crippen molar-refractivity contribution in [3.05, 3.63) is 170 Å². The van der Waals surface area contributed by atoms with Crippen LogP contribution in [0, 0.1) is 0 Å². The minimum atomic E-state index is -4.95. The van der Waals surface area contributed by atoms with E-state index in [1.54, 1.807) is 0 Å². The summed E-state index contributed by atoms with van der Waals surface area (Å²) in [5.41, 5.74) is 0. The van der Waals surface area contributed by atoms with Gasteiger partial charge < -0.3 is 34.2 Å². The van der Waals surface area contributed by atoms with Crippen LogP contribution in [0.5, 0.6) is 0 Å². The number of aliphatic hydroxyl groups is 2. The molecule has 0 saturated carbocycles. The van der Waals surface area contributed by atoms with Crippen molar-refractivity contribution >= 4 is 33.6 Å². The summed E-state index contributed by atoms with van der Waals surface area (Å²) in [7, 11) is -9.82. The number of hydrogen-bond acceptors (Lipinski definition) is 14. The van der Waals surface area contributed by atoms with E-state index < -0.39 is 91.5 Å². The highest BCUT2D eigenvalue weighted by molar-refractivity contribution is 7.47. The van der Waals surface area contributed by atoms with E-state index in [9.17, 15) is 43.5 Å². The van der Waals surface area contributed by atoms with Gasteiger partial charge in [0.05, 0.1) is 26.4 Å². The molecule has 658 valence electrons. The number of ether oxygens (including phenoxy) is 3. The first-order chi connectivity index (χ1) is 56.2. The van der Waals surface area contributed by atoms with Gasteiger partial charge in [0, 0.05) is 19.3 Å². The maximum Gasteiger partial charge on any atom is 0.472 e. The number of carbonyl (C=O) groups excluding carboxylic acids is 3. The summed E-state index contributed by atoms with van der Waals surface area (Å²) in [4.78, 5) is 58.9. The molecule has 0 amide bonds. The fraction of sp³-hybridized carbons (Fsp3) is 0.680. The molecule has 16 nitrogen and oxygen atoms in total. The van der Waals surface area contributed by atoms with Gasteiger partial charge in [0.15, 0.2) is 6.10 Å². The minimum Gasteiger partial charge on any atom is -0.463 e. The molecule has 0 aliphatic heterocycles. The lowest BCUT2D eigenvalue weighted by Crippen LogP contribution is -2.30. The van der Waals surface area contributed by atoms with Crippen molar-refractivity contribution in [2.24, 2.45) is 0 Å². The van der Waals surface area contributed by atoms with Crippen LogP contribution < -0.4 is 0 Å². The van der Waals surface area contributed by atoms with Crippen LogP contribution in [0.25, 0.3) is 0 Å². The SMILES string of the molecule is CC/C=C\C/C=C\C/C=C\C/C=C\C/C=C\C/C=C\CCCCCCCCCCCCCCCCC(=O)OCC(O)COP(=O)(O)OCC(O)COP(=O)(O)OCC(COC(=O)CCCCCCCCCCCCCCC/C=C\C/C=C\C/C=C\C/C=C\CCCCC)OC(=O)CCCCCC/C=C\C/C=C\C/C=C\C/C=C\CC. The third-order valence-corrected chi connectivity index (χ3v) is 20.8. The van der Waals surface area contributed by atoms with Crippen molar-refractivity contribution in [3.8, 4) is 0 Å². The van der Waals surface area contributed by atoms with Crippen LogP contribution in [0.4, 0.5) is 0 Å². The first kappa shape index (κ1) is 110. The zero-order chi connectivity index (χ0) is 83.6. The molecule has 0 heterocycles. The molecular weight excluding hydrogens is 1480 g/mol. The second-order valence-electron chi connectivity index (χ2n) is 30.0. The molecule has 0 spiro atoms. The number of aliphatic hydroxyl groups excluding tert-OH is 2. The predicted molar refractivity (Wildman–Crippen MR) is 482 cm³/mol. The van der Waals surface area contributed by atoms with Crippen molar-refractivity contribution in [2.75, 3.05) is 39.6 Å². The second-order valence-corrected chi connectivity index (χ2v) is 32.9. The van der Waals surface area contributed by atoms with E-state index in [1.807, 2.05) is 0 Å². The van der Waals surface area contributed by atoms with Crippen LogP contribution in [0.2, 0.25) is 0 Å². The van der Waals surface area contributed by atoms with E-state index in [0.717, 1.165) is 167 Å². The topological polar surface area (TPSA) is 231 Å². The van der Waals surface area contributed by atoms with Gasteiger partial charge >= 0.3 is 33.6 Å². The predicted octanol–water partition coefficient (Wildman–Crippen LogP) is 27.9. The van der Waals surface area contributed by atoms with E-state index in [2.05, 4.69) is 191 Å². The van der Waals surface area contributed by atoms with E-state index in [4.69, 9.17) is 32.3 Å². The van der Waals surface area contributed by atoms with Gasteiger partial charge in [-0.1, -0.05) is 364 Å². The lowest BCUT2D eigenvalue weighted by atomic mass is 10.0. The average Bonchev–Trinajstić information content (AvgIpc) is 0.902. The normalized spacial score (nSPS) is 14.6. The summed E-state index contributed by atoms with van der Waals surface area (Å²) in [6, 6.07) is 0. The molecule has 115 heavy (non-hydrogen) atoms. The number of phosphoric ester groups is 2. The number of hydrogen-bond donors (Lipinski definition) is 4. The van der Waals surface area contributed by atoms with Crippen LogP contribution in [0.15, 0.2) is 170 Å². The van der Waals surface area contributed by atoms with Crippen LogP contribution in [0.3, 0.4) is 0 Å². The monoisotopic (exact) mass is 1650 g/mol. The lowest BCUT2D eigenvalue weighted by molar-refractivity contribution is -0.161. The molecule has 4 N–H and O–H groups in total. The number of rotatable bonds is 85. The first-order valence-electron chi connectivity index (χ1n) is 45.4. The van der Waals surface area contributed by atoms with Gasteiger partial charge in [-0.3, -0.25) is 32.5 Å². The van der Waals surface area contributed by atoms with Crippen molar-refractivity contribution < 1.29 is 75.8 Å². The Kier molecular flexibility index (Phi) is 84.3. The summed E-state index contributed by atoms with van der Waals surface area (Å²) in [6.45, 7) is 2.43. The summed E-state index contributed by atoms with van der Waals surface area (Å²) < 4.78 is 61.4. The van der Waals surface area contributed by atoms with Crippen molar-refractivity contribution in [2.45, 2.75) is 386 Å².